The molecule has 1 aliphatic carbocycles. The standard InChI is InChI=1S/C14H19NO2/c1-13(9-10-13)14(2,12(16)17-3)15-11-7-5-4-6-8-11/h4-8,15H,9-10H2,1-3H3. The van der Waals surface area contributed by atoms with Gasteiger partial charge in [-0.25, -0.2) is 4.79 Å². The van der Waals surface area contributed by atoms with Gasteiger partial charge in [0, 0.05) is 11.1 Å². The lowest BCUT2D eigenvalue weighted by Gasteiger charge is -2.35. The maximum atomic E-state index is 12.0. The maximum Gasteiger partial charge on any atom is 0.331 e. The van der Waals surface area contributed by atoms with Crippen molar-refractivity contribution in [2.75, 3.05) is 12.4 Å². The Labute approximate surface area is 102 Å². The van der Waals surface area contributed by atoms with Gasteiger partial charge in [-0.2, -0.15) is 0 Å². The highest BCUT2D eigenvalue weighted by Gasteiger charge is 2.58. The van der Waals surface area contributed by atoms with Gasteiger partial charge in [0.05, 0.1) is 7.11 Å². The fourth-order valence-corrected chi connectivity index (χ4v) is 2.15. The largest absolute Gasteiger partial charge is 0.467 e. The Kier molecular flexibility index (Phi) is 2.86. The molecule has 1 fully saturated rings. The van der Waals surface area contributed by atoms with Crippen LogP contribution in [0.2, 0.25) is 0 Å². The fourth-order valence-electron chi connectivity index (χ4n) is 2.15. The second kappa shape index (κ2) is 4.06. The van der Waals surface area contributed by atoms with E-state index in [2.05, 4.69) is 12.2 Å². The molecule has 0 spiro atoms. The molecule has 3 nitrogen and oxygen atoms in total. The van der Waals surface area contributed by atoms with E-state index in [0.29, 0.717) is 0 Å². The topological polar surface area (TPSA) is 38.3 Å². The molecule has 1 atom stereocenters. The molecule has 2 rings (SSSR count). The summed E-state index contributed by atoms with van der Waals surface area (Å²) in [7, 11) is 1.44. The lowest BCUT2D eigenvalue weighted by Crippen LogP contribution is -2.51. The number of ether oxygens (including phenoxy) is 1. The Morgan fingerprint density at radius 2 is 1.94 bits per heavy atom. The van der Waals surface area contributed by atoms with E-state index in [1.165, 1.54) is 7.11 Å². The van der Waals surface area contributed by atoms with Gasteiger partial charge < -0.3 is 10.1 Å². The van der Waals surface area contributed by atoms with E-state index in [1.54, 1.807) is 0 Å². The number of rotatable bonds is 4. The molecule has 0 amide bonds. The van der Waals surface area contributed by atoms with E-state index in [0.717, 1.165) is 18.5 Å². The average molecular weight is 233 g/mol. The minimum atomic E-state index is -0.650. The molecule has 1 N–H and O–H groups in total. The van der Waals surface area contributed by atoms with Crippen molar-refractivity contribution in [3.8, 4) is 0 Å². The number of hydrogen-bond donors (Lipinski definition) is 1. The van der Waals surface area contributed by atoms with Gasteiger partial charge in [0.15, 0.2) is 0 Å². The summed E-state index contributed by atoms with van der Waals surface area (Å²) in [6, 6.07) is 9.80. The summed E-state index contributed by atoms with van der Waals surface area (Å²) in [4.78, 5) is 12.0. The van der Waals surface area contributed by atoms with Gasteiger partial charge in [-0.1, -0.05) is 25.1 Å². The summed E-state index contributed by atoms with van der Waals surface area (Å²) in [5, 5.41) is 3.33. The molecule has 1 aliphatic rings. The van der Waals surface area contributed by atoms with Crippen molar-refractivity contribution in [2.45, 2.75) is 32.2 Å². The summed E-state index contributed by atoms with van der Waals surface area (Å²) in [6.07, 6.45) is 2.11. The van der Waals surface area contributed by atoms with Gasteiger partial charge in [-0.15, -0.1) is 0 Å². The van der Waals surface area contributed by atoms with E-state index in [1.807, 2.05) is 37.3 Å². The third-order valence-corrected chi connectivity index (χ3v) is 3.97. The molecule has 0 saturated heterocycles. The van der Waals surface area contributed by atoms with E-state index >= 15 is 0 Å². The summed E-state index contributed by atoms with van der Waals surface area (Å²) < 4.78 is 4.95. The summed E-state index contributed by atoms with van der Waals surface area (Å²) in [5.41, 5.74) is 0.299. The van der Waals surface area contributed by atoms with Crippen molar-refractivity contribution in [3.05, 3.63) is 30.3 Å². The van der Waals surface area contributed by atoms with E-state index in [4.69, 9.17) is 4.74 Å². The first-order valence-electron chi connectivity index (χ1n) is 5.93. The molecule has 17 heavy (non-hydrogen) atoms. The minimum absolute atomic E-state index is 0.00403. The summed E-state index contributed by atoms with van der Waals surface area (Å²) in [6.45, 7) is 4.05. The number of esters is 1. The fraction of sp³-hybridized carbons (Fsp3) is 0.500. The zero-order valence-electron chi connectivity index (χ0n) is 10.6. The van der Waals surface area contributed by atoms with Crippen molar-refractivity contribution in [1.29, 1.82) is 0 Å². The number of methoxy groups -OCH3 is 1. The van der Waals surface area contributed by atoms with Crippen LogP contribution in [0.1, 0.15) is 26.7 Å². The second-order valence-corrected chi connectivity index (χ2v) is 5.17. The predicted molar refractivity (Wildman–Crippen MR) is 67.8 cm³/mol. The highest BCUT2D eigenvalue weighted by Crippen LogP contribution is 2.55. The zero-order chi connectivity index (χ0) is 12.5. The van der Waals surface area contributed by atoms with Crippen LogP contribution < -0.4 is 5.32 Å². The average Bonchev–Trinajstić information content (AvgIpc) is 3.09. The summed E-state index contributed by atoms with van der Waals surface area (Å²) in [5.74, 6) is -0.193. The Balaban J connectivity index is 2.26. The van der Waals surface area contributed by atoms with Gasteiger partial charge in [-0.05, 0) is 31.9 Å². The highest BCUT2D eigenvalue weighted by molar-refractivity contribution is 5.85. The molecule has 0 aromatic heterocycles. The number of carbonyl (C=O) groups excluding carboxylic acids is 1. The number of anilines is 1. The third-order valence-electron chi connectivity index (χ3n) is 3.97. The number of hydrogen-bond acceptors (Lipinski definition) is 3. The molecular formula is C14H19NO2. The van der Waals surface area contributed by atoms with Crippen LogP contribution in [-0.2, 0) is 9.53 Å². The first-order valence-corrected chi connectivity index (χ1v) is 5.93. The van der Waals surface area contributed by atoms with Crippen molar-refractivity contribution >= 4 is 11.7 Å². The molecule has 1 saturated carbocycles. The van der Waals surface area contributed by atoms with Crippen LogP contribution in [-0.4, -0.2) is 18.6 Å². The van der Waals surface area contributed by atoms with Crippen molar-refractivity contribution < 1.29 is 9.53 Å². The van der Waals surface area contributed by atoms with Crippen molar-refractivity contribution in [1.82, 2.24) is 0 Å². The molecule has 0 heterocycles. The van der Waals surface area contributed by atoms with Crippen LogP contribution in [0.3, 0.4) is 0 Å². The monoisotopic (exact) mass is 233 g/mol. The van der Waals surface area contributed by atoms with Gasteiger partial charge in [0.1, 0.15) is 5.54 Å². The van der Waals surface area contributed by atoms with Crippen LogP contribution in [0.15, 0.2) is 30.3 Å². The number of benzene rings is 1. The molecule has 1 unspecified atom stereocenters. The van der Waals surface area contributed by atoms with E-state index in [9.17, 15) is 4.79 Å². The minimum Gasteiger partial charge on any atom is -0.467 e. The Hall–Kier alpha value is -1.51. The van der Waals surface area contributed by atoms with E-state index in [-0.39, 0.29) is 11.4 Å². The Bertz CT molecular complexity index is 411. The molecular weight excluding hydrogens is 214 g/mol. The van der Waals surface area contributed by atoms with Crippen LogP contribution in [0.4, 0.5) is 5.69 Å². The van der Waals surface area contributed by atoms with Gasteiger partial charge in [0.25, 0.3) is 0 Å². The zero-order valence-corrected chi connectivity index (χ0v) is 10.6. The third kappa shape index (κ3) is 2.02. The number of carbonyl (C=O) groups is 1. The van der Waals surface area contributed by atoms with Crippen molar-refractivity contribution in [3.63, 3.8) is 0 Å². The number of para-hydroxylation sites is 1. The quantitative estimate of drug-likeness (QED) is 0.813. The number of nitrogens with one attached hydrogen (secondary N) is 1. The predicted octanol–water partition coefficient (Wildman–Crippen LogP) is 2.83. The first-order chi connectivity index (χ1) is 8.02. The molecule has 0 bridgehead atoms. The van der Waals surface area contributed by atoms with Crippen LogP contribution in [0, 0.1) is 5.41 Å². The molecule has 92 valence electrons. The van der Waals surface area contributed by atoms with Gasteiger partial charge >= 0.3 is 5.97 Å². The molecule has 0 aliphatic heterocycles. The maximum absolute atomic E-state index is 12.0. The van der Waals surface area contributed by atoms with Gasteiger partial charge in [-0.3, -0.25) is 0 Å². The highest BCUT2D eigenvalue weighted by atomic mass is 16.5. The van der Waals surface area contributed by atoms with Gasteiger partial charge in [0.2, 0.25) is 0 Å². The Morgan fingerprint density at radius 3 is 2.41 bits per heavy atom. The van der Waals surface area contributed by atoms with E-state index < -0.39 is 5.54 Å². The van der Waals surface area contributed by atoms with Crippen molar-refractivity contribution in [2.24, 2.45) is 5.41 Å². The molecule has 0 radical (unpaired) electrons. The second-order valence-electron chi connectivity index (χ2n) is 5.17. The van der Waals surface area contributed by atoms with Crippen LogP contribution >= 0.6 is 0 Å². The smallest absolute Gasteiger partial charge is 0.331 e. The first kappa shape index (κ1) is 12.0. The lowest BCUT2D eigenvalue weighted by molar-refractivity contribution is -0.147. The summed E-state index contributed by atoms with van der Waals surface area (Å²) >= 11 is 0. The normalized spacial score (nSPS) is 20.2. The van der Waals surface area contributed by atoms with Crippen LogP contribution in [0.5, 0.6) is 0 Å². The van der Waals surface area contributed by atoms with Crippen LogP contribution in [0.25, 0.3) is 0 Å². The Morgan fingerprint density at radius 1 is 1.35 bits per heavy atom. The lowest BCUT2D eigenvalue weighted by atomic mass is 9.83. The molecule has 3 heteroatoms. The SMILES string of the molecule is COC(=O)C(C)(Nc1ccccc1)C1(C)CC1. The molecule has 1 aromatic carbocycles. The molecule has 1 aromatic rings.